The normalized spacial score (nSPS) is 17.5. The molecular weight excluding hydrogens is 402 g/mol. The smallest absolute Gasteiger partial charge is 0.243 e. The summed E-state index contributed by atoms with van der Waals surface area (Å²) in [6.07, 6.45) is 8.33. The number of aromatic nitrogens is 2. The van der Waals surface area contributed by atoms with Gasteiger partial charge in [-0.1, -0.05) is 0 Å². The Kier molecular flexibility index (Phi) is 5.92. The molecule has 2 fully saturated rings. The first-order chi connectivity index (χ1) is 14.5. The zero-order chi connectivity index (χ0) is 21.1. The van der Waals surface area contributed by atoms with Crippen molar-refractivity contribution in [3.8, 4) is 0 Å². The van der Waals surface area contributed by atoms with Crippen LogP contribution in [-0.2, 0) is 21.4 Å². The number of benzene rings is 1. The second-order valence-corrected chi connectivity index (χ2v) is 9.80. The van der Waals surface area contributed by atoms with Gasteiger partial charge in [-0.15, -0.1) is 0 Å². The standard InChI is InChI=1S/C21H27N5O3S/c1-16-20(10-11-22-15-27)26(14-17-4-5-17)24-21(16)23-18-6-8-19(9-7-18)30(28,29)25-12-2-3-13-25/h6-11,15,17H,2-5,12-14H2,1H3,(H,22,27)(H,23,24)/b11-10-. The third-order valence-corrected chi connectivity index (χ3v) is 7.50. The third-order valence-electron chi connectivity index (χ3n) is 5.59. The van der Waals surface area contributed by atoms with Crippen LogP contribution < -0.4 is 10.6 Å². The van der Waals surface area contributed by atoms with Gasteiger partial charge in [0.25, 0.3) is 0 Å². The van der Waals surface area contributed by atoms with E-state index in [1.54, 1.807) is 34.8 Å². The fourth-order valence-electron chi connectivity index (χ4n) is 3.67. The molecule has 2 aliphatic rings. The summed E-state index contributed by atoms with van der Waals surface area (Å²) >= 11 is 0. The molecule has 2 N–H and O–H groups in total. The van der Waals surface area contributed by atoms with Gasteiger partial charge >= 0.3 is 0 Å². The first-order valence-electron chi connectivity index (χ1n) is 10.3. The summed E-state index contributed by atoms with van der Waals surface area (Å²) in [5.41, 5.74) is 2.68. The Morgan fingerprint density at radius 3 is 2.50 bits per heavy atom. The van der Waals surface area contributed by atoms with Crippen LogP contribution in [0, 0.1) is 12.8 Å². The van der Waals surface area contributed by atoms with Crippen LogP contribution in [0.5, 0.6) is 0 Å². The third kappa shape index (κ3) is 4.41. The molecule has 30 heavy (non-hydrogen) atoms. The molecule has 1 saturated heterocycles. The number of hydrogen-bond acceptors (Lipinski definition) is 5. The highest BCUT2D eigenvalue weighted by molar-refractivity contribution is 7.89. The van der Waals surface area contributed by atoms with Gasteiger partial charge in [0.2, 0.25) is 16.4 Å². The molecule has 1 aliphatic heterocycles. The number of nitrogens with one attached hydrogen (secondary N) is 2. The van der Waals surface area contributed by atoms with Crippen molar-refractivity contribution in [1.29, 1.82) is 0 Å². The zero-order valence-electron chi connectivity index (χ0n) is 17.0. The first kappa shape index (κ1) is 20.6. The fraction of sp³-hybridized carbons (Fsp3) is 0.429. The topological polar surface area (TPSA) is 96.3 Å². The summed E-state index contributed by atoms with van der Waals surface area (Å²) in [4.78, 5) is 10.9. The monoisotopic (exact) mass is 429 g/mol. The molecule has 1 amide bonds. The highest BCUT2D eigenvalue weighted by atomic mass is 32.2. The molecule has 4 rings (SSSR count). The predicted octanol–water partition coefficient (Wildman–Crippen LogP) is 2.85. The van der Waals surface area contributed by atoms with Crippen molar-refractivity contribution in [2.24, 2.45) is 5.92 Å². The molecule has 0 unspecified atom stereocenters. The van der Waals surface area contributed by atoms with Crippen LogP contribution in [0.25, 0.3) is 6.08 Å². The van der Waals surface area contributed by atoms with E-state index in [1.807, 2.05) is 17.7 Å². The van der Waals surface area contributed by atoms with E-state index in [9.17, 15) is 13.2 Å². The number of nitrogens with zero attached hydrogens (tertiary/aromatic N) is 3. The highest BCUT2D eigenvalue weighted by Crippen LogP contribution is 2.33. The summed E-state index contributed by atoms with van der Waals surface area (Å²) in [5, 5.41) is 10.5. The van der Waals surface area contributed by atoms with Crippen LogP contribution in [0.3, 0.4) is 0 Å². The predicted molar refractivity (Wildman–Crippen MR) is 116 cm³/mol. The quantitative estimate of drug-likeness (QED) is 0.598. The van der Waals surface area contributed by atoms with Gasteiger partial charge in [-0.3, -0.25) is 9.48 Å². The molecule has 8 nitrogen and oxygen atoms in total. The number of amides is 1. The number of rotatable bonds is 9. The first-order valence-corrected chi connectivity index (χ1v) is 11.7. The number of carbonyl (C=O) groups excluding carboxylic acids is 1. The van der Waals surface area contributed by atoms with Crippen LogP contribution >= 0.6 is 0 Å². The molecule has 0 bridgehead atoms. The molecule has 0 radical (unpaired) electrons. The molecular formula is C21H27N5O3S. The number of anilines is 2. The van der Waals surface area contributed by atoms with Gasteiger partial charge in [-0.2, -0.15) is 9.40 Å². The summed E-state index contributed by atoms with van der Waals surface area (Å²) < 4.78 is 28.9. The average molecular weight is 430 g/mol. The maximum Gasteiger partial charge on any atom is 0.243 e. The van der Waals surface area contributed by atoms with Crippen molar-refractivity contribution in [3.63, 3.8) is 0 Å². The molecule has 2 heterocycles. The van der Waals surface area contributed by atoms with Gasteiger partial charge in [0.15, 0.2) is 5.82 Å². The van der Waals surface area contributed by atoms with Crippen molar-refractivity contribution < 1.29 is 13.2 Å². The van der Waals surface area contributed by atoms with Crippen molar-refractivity contribution in [2.45, 2.75) is 44.0 Å². The van der Waals surface area contributed by atoms with Crippen LogP contribution in [0.15, 0.2) is 35.4 Å². The van der Waals surface area contributed by atoms with E-state index in [0.29, 0.717) is 30.3 Å². The maximum absolute atomic E-state index is 12.7. The molecule has 9 heteroatoms. The van der Waals surface area contributed by atoms with Gasteiger partial charge in [-0.05, 0) is 68.9 Å². The lowest BCUT2D eigenvalue weighted by molar-refractivity contribution is -0.108. The molecule has 160 valence electrons. The SMILES string of the molecule is Cc1c(Nc2ccc(S(=O)(=O)N3CCCC3)cc2)nn(CC2CC2)c1/C=C\NC=O. The fourth-order valence-corrected chi connectivity index (χ4v) is 5.19. The molecule has 1 aliphatic carbocycles. The molecule has 0 spiro atoms. The van der Waals surface area contributed by atoms with Gasteiger partial charge in [0, 0.05) is 37.1 Å². The Morgan fingerprint density at radius 1 is 1.17 bits per heavy atom. The summed E-state index contributed by atoms with van der Waals surface area (Å²) in [6.45, 7) is 4.01. The molecule has 1 aromatic heterocycles. The average Bonchev–Trinajstić information content (AvgIpc) is 3.27. The molecule has 0 atom stereocenters. The van der Waals surface area contributed by atoms with E-state index in [0.717, 1.165) is 42.1 Å². The van der Waals surface area contributed by atoms with Gasteiger partial charge in [0.1, 0.15) is 0 Å². The van der Waals surface area contributed by atoms with E-state index in [-0.39, 0.29) is 0 Å². The van der Waals surface area contributed by atoms with E-state index in [4.69, 9.17) is 5.10 Å². The summed E-state index contributed by atoms with van der Waals surface area (Å²) in [7, 11) is -3.42. The largest absolute Gasteiger partial charge is 0.339 e. The Hall–Kier alpha value is -2.65. The minimum Gasteiger partial charge on any atom is -0.339 e. The van der Waals surface area contributed by atoms with E-state index in [2.05, 4.69) is 10.6 Å². The Labute approximate surface area is 177 Å². The van der Waals surface area contributed by atoms with Crippen LogP contribution in [0.2, 0.25) is 0 Å². The zero-order valence-corrected chi connectivity index (χ0v) is 17.9. The summed E-state index contributed by atoms with van der Waals surface area (Å²) in [5.74, 6) is 1.37. The van der Waals surface area contributed by atoms with Gasteiger partial charge in [-0.25, -0.2) is 8.42 Å². The number of hydrogen-bond donors (Lipinski definition) is 2. The van der Waals surface area contributed by atoms with Crippen molar-refractivity contribution in [1.82, 2.24) is 19.4 Å². The Morgan fingerprint density at radius 2 is 1.87 bits per heavy atom. The summed E-state index contributed by atoms with van der Waals surface area (Å²) in [6, 6.07) is 6.82. The lowest BCUT2D eigenvalue weighted by Crippen LogP contribution is -2.27. The second-order valence-electron chi connectivity index (χ2n) is 7.86. The minimum absolute atomic E-state index is 0.314. The maximum atomic E-state index is 12.7. The lowest BCUT2D eigenvalue weighted by Gasteiger charge is -2.15. The number of sulfonamides is 1. The van der Waals surface area contributed by atoms with Crippen molar-refractivity contribution >= 4 is 34.0 Å². The van der Waals surface area contributed by atoms with Crippen molar-refractivity contribution in [3.05, 3.63) is 41.7 Å². The van der Waals surface area contributed by atoms with Crippen LogP contribution in [0.4, 0.5) is 11.5 Å². The van der Waals surface area contributed by atoms with E-state index < -0.39 is 10.0 Å². The van der Waals surface area contributed by atoms with Gasteiger partial charge < -0.3 is 10.6 Å². The number of carbonyl (C=O) groups is 1. The van der Waals surface area contributed by atoms with Crippen molar-refractivity contribution in [2.75, 3.05) is 18.4 Å². The molecule has 2 aromatic rings. The van der Waals surface area contributed by atoms with E-state index >= 15 is 0 Å². The molecule has 1 aromatic carbocycles. The van der Waals surface area contributed by atoms with Crippen LogP contribution in [-0.4, -0.2) is 42.0 Å². The van der Waals surface area contributed by atoms with E-state index in [1.165, 1.54) is 12.8 Å². The Balaban J connectivity index is 1.54. The van der Waals surface area contributed by atoms with Gasteiger partial charge in [0.05, 0.1) is 10.6 Å². The Bertz CT molecular complexity index is 1030. The minimum atomic E-state index is -3.42. The lowest BCUT2D eigenvalue weighted by atomic mass is 10.2. The highest BCUT2D eigenvalue weighted by Gasteiger charge is 2.27. The van der Waals surface area contributed by atoms with Crippen LogP contribution in [0.1, 0.15) is 36.9 Å². The second kappa shape index (κ2) is 8.61. The molecule has 1 saturated carbocycles.